The van der Waals surface area contributed by atoms with Gasteiger partial charge < -0.3 is 75.6 Å². The molecule has 0 bridgehead atoms. The Morgan fingerprint density at radius 3 is 0.944 bits per heavy atom. The summed E-state index contributed by atoms with van der Waals surface area (Å²) in [5, 5.41) is 51.7. The minimum Gasteiger partial charge on any atom is -0.480 e. The van der Waals surface area contributed by atoms with E-state index < -0.39 is 87.4 Å². The van der Waals surface area contributed by atoms with E-state index in [0.717, 1.165) is 47.1 Å². The number of rotatable bonds is 26. The Bertz CT molecular complexity index is 5780. The summed E-state index contributed by atoms with van der Waals surface area (Å²) in [6, 6.07) is 47.0. The van der Waals surface area contributed by atoms with E-state index in [1.807, 2.05) is 0 Å². The highest BCUT2D eigenvalue weighted by Crippen LogP contribution is 2.22. The molecule has 8 heterocycles. The molecule has 14 rings (SSSR count). The Balaban J connectivity index is 0.000000345. The quantitative estimate of drug-likeness (QED) is 0.00799. The molecule has 754 valence electrons. The van der Waals surface area contributed by atoms with Crippen LogP contribution in [0, 0.1) is 0 Å². The number of aliphatic carboxylic acids is 2. The Morgan fingerprint density at radius 2 is 0.685 bits per heavy atom. The summed E-state index contributed by atoms with van der Waals surface area (Å²) < 4.78 is 32.2. The van der Waals surface area contributed by atoms with Crippen LogP contribution in [0.25, 0.3) is 56.9 Å². The minimum absolute atomic E-state index is 0. The summed E-state index contributed by atoms with van der Waals surface area (Å²) in [4.78, 5) is 187. The molecule has 12 aromatic rings. The van der Waals surface area contributed by atoms with Gasteiger partial charge in [0.1, 0.15) is 18.1 Å². The largest absolute Gasteiger partial charge is 0.488 e. The van der Waals surface area contributed by atoms with Crippen LogP contribution in [0.5, 0.6) is 0 Å². The van der Waals surface area contributed by atoms with Gasteiger partial charge in [0.15, 0.2) is 33.9 Å². The highest BCUT2D eigenvalue weighted by Gasteiger charge is 2.29. The minimum atomic E-state index is -1.67. The molecule has 40 nitrogen and oxygen atoms in total. The second-order valence-electron chi connectivity index (χ2n) is 28.9. The van der Waals surface area contributed by atoms with E-state index in [0.29, 0.717) is 80.2 Å². The maximum absolute atomic E-state index is 12.9. The van der Waals surface area contributed by atoms with Crippen molar-refractivity contribution in [1.82, 2.24) is 80.7 Å². The number of esters is 5. The summed E-state index contributed by atoms with van der Waals surface area (Å²) in [6.45, 7) is 3.85. The predicted molar refractivity (Wildman–Crippen MR) is 537 cm³/mol. The average molecular weight is 2130 g/mol. The van der Waals surface area contributed by atoms with Crippen molar-refractivity contribution in [3.05, 3.63) is 294 Å². The zero-order valence-corrected chi connectivity index (χ0v) is 83.2. The monoisotopic (exact) mass is 2120 g/mol. The molecule has 3 amide bonds. The van der Waals surface area contributed by atoms with Crippen LogP contribution in [0.15, 0.2) is 261 Å². The molecule has 47 heteroatoms. The number of carbonyl (C=O) groups excluding carboxylic acids is 9. The van der Waals surface area contributed by atoms with Gasteiger partial charge in [-0.3, -0.25) is 38.4 Å². The SMILES string of the molecule is Brc1ncccn1.C1CCNCC1.COC(=O)CC[C@H](N)C(=O)O.COC(=O)CC[C@H](NC(=O)c1ccc(-c2ncccn2)cc1)C(=O)N1CCCCC1.COC(=O)CC[C@H](NC(=O)c1ccc(-c2ncccn2)cc1)C(=O)O.COC(=O)c1ccc(-c2ncccn2)cc1.COC(=O)c1ccc(B(O)O)cc1.Cl.O=C(Cl)c1ccc(-c2ncccn2)cc1.O=C(O)c1ccc(-c2ncccn2)cc1.O=S(Cl)Cl. The van der Waals surface area contributed by atoms with Gasteiger partial charge in [0, 0.05) is 173 Å². The number of carbonyl (C=O) groups is 12. The van der Waals surface area contributed by atoms with Crippen LogP contribution in [0.4, 0.5) is 0 Å². The van der Waals surface area contributed by atoms with Crippen LogP contribution in [0.1, 0.15) is 139 Å². The van der Waals surface area contributed by atoms with Gasteiger partial charge in [-0.1, -0.05) is 79.2 Å². The number of aromatic carboxylic acids is 1. The van der Waals surface area contributed by atoms with Gasteiger partial charge in [0.2, 0.25) is 15.1 Å². The summed E-state index contributed by atoms with van der Waals surface area (Å²) in [7, 11) is 12.3. The molecule has 2 aliphatic heterocycles. The summed E-state index contributed by atoms with van der Waals surface area (Å²) in [5.74, 6) is -3.54. The molecule has 2 fully saturated rings. The number of ether oxygens (including phenoxy) is 5. The molecule has 143 heavy (non-hydrogen) atoms. The molecule has 0 unspecified atom stereocenters. The standard InChI is InChI=1S/C22H26N4O4.C17H17N3O5.C12H10N2O2.C11H7ClN2O.C11H8N2O2.C8H9BO4.C6H11NO4.C5H11N.C4H3BrN2.Cl2OS.ClH/c1-30-19(27)11-10-18(22(29)26-14-3-2-4-15-26)25-21(28)17-8-6-16(7-9-17)20-23-12-5-13-24-20;1-25-14(21)8-7-13(17(23)24)20-16(22)12-5-3-11(4-6-12)15-18-9-2-10-19-15;1-16-12(15)10-5-3-9(4-6-10)11-13-7-2-8-14-11;12-10(15)8-2-4-9(5-3-8)11-13-6-1-7-14-11;14-11(15)9-4-2-8(3-5-9)10-12-6-1-7-13-10;1-13-8(10)6-2-4-7(5-3-6)9(11)12;1-11-5(8)3-2-4(7)6(9)10;1-2-4-6-5-3-1;5-4-6-2-1-3-7-4;1-4(2)3;/h5-9,12-13,18H,2-4,10-11,14-15H2,1H3,(H,25,28);2-6,9-10,13H,7-8H2,1H3,(H,20,22)(H,23,24);2-8H,1H3;1-7H;1-7H,(H,14,15);2-5,11-12H,1H3;4H,2-3,7H2,1H3,(H,9,10);6H,1-5H2;1-3H;;1H/t18-;13-;;;;;4-;;;;/m00....0..../s1. The Labute approximate surface area is 853 Å². The van der Waals surface area contributed by atoms with E-state index in [1.165, 1.54) is 104 Å². The third-order valence-electron chi connectivity index (χ3n) is 19.1. The fourth-order valence-electron chi connectivity index (χ4n) is 11.7. The van der Waals surface area contributed by atoms with Crippen LogP contribution in [0.3, 0.4) is 0 Å². The Hall–Kier alpha value is -14.7. The molecule has 2 saturated heterocycles. The normalized spacial score (nSPS) is 11.7. The number of hydrogen-bond donors (Lipinski definition) is 9. The lowest BCUT2D eigenvalue weighted by Gasteiger charge is -2.30. The van der Waals surface area contributed by atoms with Crippen molar-refractivity contribution >= 4 is 154 Å². The number of aromatic nitrogens is 12. The molecule has 0 radical (unpaired) electrons. The second kappa shape index (κ2) is 69.2. The van der Waals surface area contributed by atoms with E-state index in [4.69, 9.17) is 46.9 Å². The van der Waals surface area contributed by atoms with Crippen molar-refractivity contribution in [3.8, 4) is 56.9 Å². The van der Waals surface area contributed by atoms with Gasteiger partial charge in [-0.25, -0.2) is 83.2 Å². The zero-order valence-electron chi connectivity index (χ0n) is 77.7. The first-order valence-electron chi connectivity index (χ1n) is 42.9. The van der Waals surface area contributed by atoms with Gasteiger partial charge in [0.05, 0.1) is 52.2 Å². The summed E-state index contributed by atoms with van der Waals surface area (Å²) in [6.07, 6.45) is 27.4. The molecular formula is C96H103BBrCl4N17O23S. The smallest absolute Gasteiger partial charge is 0.480 e. The molecular weight excluding hydrogens is 2020 g/mol. The van der Waals surface area contributed by atoms with Crippen molar-refractivity contribution in [1.29, 1.82) is 0 Å². The molecule has 0 spiro atoms. The number of amides is 3. The van der Waals surface area contributed by atoms with E-state index in [2.05, 4.69) is 137 Å². The number of nitrogens with one attached hydrogen (secondary N) is 3. The van der Waals surface area contributed by atoms with Gasteiger partial charge in [-0.15, -0.1) is 12.4 Å². The lowest BCUT2D eigenvalue weighted by atomic mass is 9.80. The van der Waals surface area contributed by atoms with Crippen molar-refractivity contribution in [3.63, 3.8) is 0 Å². The van der Waals surface area contributed by atoms with Gasteiger partial charge in [0.25, 0.3) is 17.1 Å². The van der Waals surface area contributed by atoms with Crippen molar-refractivity contribution in [2.75, 3.05) is 61.7 Å². The number of benzene rings is 6. The van der Waals surface area contributed by atoms with Crippen molar-refractivity contribution in [2.24, 2.45) is 5.73 Å². The lowest BCUT2D eigenvalue weighted by molar-refractivity contribution is -0.143. The number of carboxylic acid groups (broad SMARTS) is 3. The predicted octanol–water partition coefficient (Wildman–Crippen LogP) is 11.8. The topological polar surface area (TPSA) is 589 Å². The van der Waals surface area contributed by atoms with E-state index in [9.17, 15) is 57.5 Å². The van der Waals surface area contributed by atoms with Crippen molar-refractivity contribution < 1.29 is 111 Å². The Morgan fingerprint density at radius 1 is 0.406 bits per heavy atom. The van der Waals surface area contributed by atoms with Crippen LogP contribution in [0.2, 0.25) is 0 Å². The zero-order chi connectivity index (χ0) is 104. The summed E-state index contributed by atoms with van der Waals surface area (Å²) >= 11 is 8.42. The molecule has 6 aromatic carbocycles. The molecule has 0 aliphatic carbocycles. The average Bonchev–Trinajstić information content (AvgIpc) is 0.863. The molecule has 2 aliphatic rings. The summed E-state index contributed by atoms with van der Waals surface area (Å²) in [5.41, 5.74) is 11.9. The first-order chi connectivity index (χ1) is 68.3. The number of halogens is 5. The highest BCUT2D eigenvalue weighted by molar-refractivity contribution is 9.10. The number of nitrogens with two attached hydrogens (primary N) is 1. The maximum Gasteiger partial charge on any atom is 0.488 e. The van der Waals surface area contributed by atoms with Gasteiger partial charge >= 0.3 is 54.9 Å². The van der Waals surface area contributed by atoms with Crippen LogP contribution < -0.4 is 27.1 Å². The first kappa shape index (κ1) is 121. The van der Waals surface area contributed by atoms with E-state index >= 15 is 0 Å². The number of methoxy groups -OCH3 is 5. The number of piperidine rings is 2. The second-order valence-corrected chi connectivity index (χ2v) is 32.5. The number of carboxylic acids is 3. The number of likely N-dealkylation sites (tertiary alicyclic amines) is 1. The van der Waals surface area contributed by atoms with Crippen LogP contribution >= 0.6 is 61.3 Å². The number of hydrogen-bond acceptors (Lipinski definition) is 34. The van der Waals surface area contributed by atoms with Gasteiger partial charge in [-0.2, -0.15) is 0 Å². The molecule has 0 saturated carbocycles. The number of nitrogens with zero attached hydrogens (tertiary/aromatic N) is 13. The first-order valence-corrected chi connectivity index (χ1v) is 46.9. The fourth-order valence-corrected chi connectivity index (χ4v) is 12.1. The molecule has 3 atom stereocenters. The van der Waals surface area contributed by atoms with Crippen molar-refractivity contribution in [2.45, 2.75) is 95.2 Å². The Kier molecular flexibility index (Phi) is 58.4. The van der Waals surface area contributed by atoms with Crippen LogP contribution in [-0.4, -0.2) is 252 Å². The lowest BCUT2D eigenvalue weighted by Crippen LogP contribution is -2.50. The molecule has 6 aromatic heterocycles. The third kappa shape index (κ3) is 47.9. The fraction of sp³-hybridized carbons (Fsp3) is 0.250. The van der Waals surface area contributed by atoms with E-state index in [-0.39, 0.29) is 74.3 Å². The van der Waals surface area contributed by atoms with Crippen LogP contribution in [-0.2, 0) is 61.7 Å². The third-order valence-corrected chi connectivity index (χ3v) is 19.8. The van der Waals surface area contributed by atoms with E-state index in [1.54, 1.807) is 225 Å². The molecule has 10 N–H and O–H groups in total. The maximum atomic E-state index is 12.9. The van der Waals surface area contributed by atoms with Gasteiger partial charge in [-0.05, 0) is 207 Å². The highest BCUT2D eigenvalue weighted by atomic mass is 79.9.